The average molecular weight is 470 g/mol. The molecule has 0 fully saturated rings. The Labute approximate surface area is 196 Å². The third kappa shape index (κ3) is 7.32. The second-order valence-electron chi connectivity index (χ2n) is 6.89. The van der Waals surface area contributed by atoms with E-state index in [1.54, 1.807) is 25.2 Å². The van der Waals surface area contributed by atoms with Gasteiger partial charge in [-0.3, -0.25) is 5.32 Å². The Morgan fingerprint density at radius 1 is 1.18 bits per heavy atom. The molecule has 34 heavy (non-hydrogen) atoms. The molecular weight excluding hydrogens is 442 g/mol. The Kier molecular flexibility index (Phi) is 9.43. The molecule has 1 unspecified atom stereocenters. The number of hydrogen-bond acceptors (Lipinski definition) is 10. The van der Waals surface area contributed by atoms with Crippen LogP contribution in [0, 0.1) is 0 Å². The number of aryl methyl sites for hydroxylation is 1. The number of amides is 1. The van der Waals surface area contributed by atoms with Crippen LogP contribution in [0.3, 0.4) is 0 Å². The van der Waals surface area contributed by atoms with Crippen molar-refractivity contribution in [1.29, 1.82) is 0 Å². The first-order chi connectivity index (χ1) is 16.6. The minimum Gasteiger partial charge on any atom is -0.449 e. The molecule has 12 heteroatoms. The van der Waals surface area contributed by atoms with Gasteiger partial charge in [-0.25, -0.2) is 14.5 Å². The van der Waals surface area contributed by atoms with Crippen molar-refractivity contribution >= 4 is 17.6 Å². The van der Waals surface area contributed by atoms with Crippen molar-refractivity contribution in [3.05, 3.63) is 65.6 Å². The highest BCUT2D eigenvalue weighted by atomic mass is 16.7. The maximum atomic E-state index is 12.0. The molecule has 3 rings (SSSR count). The summed E-state index contributed by atoms with van der Waals surface area (Å²) in [5.74, 6) is 0.779. The van der Waals surface area contributed by atoms with Crippen LogP contribution in [0.5, 0.6) is 0 Å². The Bertz CT molecular complexity index is 1070. The van der Waals surface area contributed by atoms with Crippen LogP contribution < -0.4 is 5.32 Å². The quantitative estimate of drug-likeness (QED) is 0.241. The van der Waals surface area contributed by atoms with Crippen LogP contribution in [0.2, 0.25) is 0 Å². The van der Waals surface area contributed by atoms with Crippen molar-refractivity contribution in [3.63, 3.8) is 0 Å². The lowest BCUT2D eigenvalue weighted by Crippen LogP contribution is -2.21. The number of tetrazole rings is 1. The topological polar surface area (TPSA) is 135 Å². The zero-order chi connectivity index (χ0) is 24.2. The molecule has 0 aliphatic heterocycles. The highest BCUT2D eigenvalue weighted by Gasteiger charge is 2.15. The van der Waals surface area contributed by atoms with Crippen molar-refractivity contribution in [2.75, 3.05) is 25.6 Å². The first kappa shape index (κ1) is 24.7. The first-order valence-corrected chi connectivity index (χ1v) is 10.6. The number of hydrogen-bond donors (Lipinski definition) is 1. The van der Waals surface area contributed by atoms with Gasteiger partial charge in [0.05, 0.1) is 12.3 Å². The van der Waals surface area contributed by atoms with E-state index in [0.29, 0.717) is 36.1 Å². The lowest BCUT2D eigenvalue weighted by Gasteiger charge is -2.15. The number of methoxy groups -OCH3 is 1. The predicted octanol–water partition coefficient (Wildman–Crippen LogP) is 2.52. The fraction of sp³-hybridized carbons (Fsp3) is 0.364. The molecule has 0 saturated carbocycles. The van der Waals surface area contributed by atoms with E-state index in [-0.39, 0.29) is 13.2 Å². The van der Waals surface area contributed by atoms with E-state index >= 15 is 0 Å². The zero-order valence-corrected chi connectivity index (χ0v) is 19.2. The summed E-state index contributed by atoms with van der Waals surface area (Å²) >= 11 is 0. The van der Waals surface area contributed by atoms with E-state index in [0.717, 1.165) is 5.56 Å². The Balaban J connectivity index is 1.58. The summed E-state index contributed by atoms with van der Waals surface area (Å²) in [5, 5.41) is 18.4. The van der Waals surface area contributed by atoms with Gasteiger partial charge < -0.3 is 19.0 Å². The standard InChI is InChI=1S/C22H27N7O5/c1-4-32-19(31-3)13-14-33-22(30)24-18-12-8-11-17(23-18)15-34-26-20(16-9-6-5-7-10-16)21-25-27-28-29(21)2/h5-12,19H,4,13-15H2,1-3H3,(H,23,24,30). The molecule has 2 heterocycles. The molecule has 180 valence electrons. The summed E-state index contributed by atoms with van der Waals surface area (Å²) in [7, 11) is 3.25. The van der Waals surface area contributed by atoms with Gasteiger partial charge in [-0.1, -0.05) is 41.6 Å². The second-order valence-corrected chi connectivity index (χ2v) is 6.89. The number of rotatable bonds is 12. The molecule has 1 N–H and O–H groups in total. The van der Waals surface area contributed by atoms with Crippen LogP contribution in [0.1, 0.15) is 30.4 Å². The van der Waals surface area contributed by atoms with E-state index in [2.05, 4.69) is 31.0 Å². The van der Waals surface area contributed by atoms with E-state index < -0.39 is 12.4 Å². The van der Waals surface area contributed by atoms with E-state index in [9.17, 15) is 4.79 Å². The number of aromatic nitrogens is 5. The van der Waals surface area contributed by atoms with Crippen LogP contribution in [0.15, 0.2) is 53.7 Å². The largest absolute Gasteiger partial charge is 0.449 e. The minimum absolute atomic E-state index is 0.0655. The van der Waals surface area contributed by atoms with Gasteiger partial charge in [-0.05, 0) is 29.5 Å². The Hall–Kier alpha value is -3.90. The van der Waals surface area contributed by atoms with Crippen molar-refractivity contribution in [2.24, 2.45) is 12.2 Å². The SMILES string of the molecule is CCOC(CCOC(=O)Nc1cccc(CON=C(c2ccccc2)c2nnnn2C)n1)OC. The fourth-order valence-corrected chi connectivity index (χ4v) is 2.88. The van der Waals surface area contributed by atoms with Gasteiger partial charge in [-0.2, -0.15) is 0 Å². The van der Waals surface area contributed by atoms with Gasteiger partial charge in [0.25, 0.3) is 0 Å². The number of benzene rings is 1. The molecule has 2 aromatic heterocycles. The van der Waals surface area contributed by atoms with Crippen molar-refractivity contribution in [1.82, 2.24) is 25.2 Å². The number of nitrogens with one attached hydrogen (secondary N) is 1. The summed E-state index contributed by atoms with van der Waals surface area (Å²) in [6.07, 6.45) is -0.631. The molecule has 1 amide bonds. The van der Waals surface area contributed by atoms with Gasteiger partial charge in [0.15, 0.2) is 18.6 Å². The normalized spacial score (nSPS) is 12.3. The number of anilines is 1. The van der Waals surface area contributed by atoms with E-state index in [4.69, 9.17) is 19.0 Å². The third-order valence-corrected chi connectivity index (χ3v) is 4.49. The third-order valence-electron chi connectivity index (χ3n) is 4.49. The number of pyridine rings is 1. The van der Waals surface area contributed by atoms with Gasteiger partial charge >= 0.3 is 6.09 Å². The van der Waals surface area contributed by atoms with Gasteiger partial charge in [0.1, 0.15) is 5.82 Å². The number of oxime groups is 1. The Morgan fingerprint density at radius 2 is 2.00 bits per heavy atom. The lowest BCUT2D eigenvalue weighted by molar-refractivity contribution is -0.128. The second kappa shape index (κ2) is 13.0. The molecule has 0 radical (unpaired) electrons. The molecule has 0 aliphatic rings. The van der Waals surface area contributed by atoms with Crippen LogP contribution in [0.25, 0.3) is 0 Å². The highest BCUT2D eigenvalue weighted by molar-refractivity contribution is 6.10. The van der Waals surface area contributed by atoms with E-state index in [1.165, 1.54) is 11.8 Å². The molecule has 0 spiro atoms. The summed E-state index contributed by atoms with van der Waals surface area (Å²) in [4.78, 5) is 21.9. The first-order valence-electron chi connectivity index (χ1n) is 10.6. The van der Waals surface area contributed by atoms with Crippen LogP contribution in [-0.2, 0) is 32.7 Å². The number of carbonyl (C=O) groups is 1. The van der Waals surface area contributed by atoms with Crippen LogP contribution in [-0.4, -0.2) is 63.6 Å². The van der Waals surface area contributed by atoms with Gasteiger partial charge in [0.2, 0.25) is 5.82 Å². The van der Waals surface area contributed by atoms with Gasteiger partial charge in [0, 0.05) is 32.7 Å². The highest BCUT2D eigenvalue weighted by Crippen LogP contribution is 2.11. The van der Waals surface area contributed by atoms with Crippen LogP contribution in [0.4, 0.5) is 10.6 Å². The summed E-state index contributed by atoms with van der Waals surface area (Å²) in [6.45, 7) is 2.58. The average Bonchev–Trinajstić information content (AvgIpc) is 3.27. The summed E-state index contributed by atoms with van der Waals surface area (Å²) in [6, 6.07) is 14.6. The molecule has 0 bridgehead atoms. The smallest absolute Gasteiger partial charge is 0.412 e. The monoisotopic (exact) mass is 469 g/mol. The molecule has 0 saturated heterocycles. The van der Waals surface area contributed by atoms with Crippen molar-refractivity contribution < 1.29 is 23.8 Å². The lowest BCUT2D eigenvalue weighted by atomic mass is 10.1. The fourth-order valence-electron chi connectivity index (χ4n) is 2.88. The number of nitrogens with zero attached hydrogens (tertiary/aromatic N) is 6. The van der Waals surface area contributed by atoms with Gasteiger partial charge in [-0.15, -0.1) is 5.10 Å². The molecular formula is C22H27N7O5. The zero-order valence-electron chi connectivity index (χ0n) is 19.2. The molecule has 1 atom stereocenters. The van der Waals surface area contributed by atoms with Crippen molar-refractivity contribution in [3.8, 4) is 0 Å². The molecule has 12 nitrogen and oxygen atoms in total. The minimum atomic E-state index is -0.629. The van der Waals surface area contributed by atoms with Crippen LogP contribution >= 0.6 is 0 Å². The maximum Gasteiger partial charge on any atom is 0.412 e. The summed E-state index contributed by atoms with van der Waals surface area (Å²) in [5.41, 5.74) is 1.83. The van der Waals surface area contributed by atoms with E-state index in [1.807, 2.05) is 37.3 Å². The molecule has 0 aliphatic carbocycles. The summed E-state index contributed by atoms with van der Waals surface area (Å²) < 4.78 is 17.1. The number of carbonyl (C=O) groups excluding carboxylic acids is 1. The number of ether oxygens (including phenoxy) is 3. The maximum absolute atomic E-state index is 12.0. The molecule has 1 aromatic carbocycles. The predicted molar refractivity (Wildman–Crippen MR) is 122 cm³/mol. The Morgan fingerprint density at radius 3 is 2.71 bits per heavy atom. The van der Waals surface area contributed by atoms with Crippen molar-refractivity contribution in [2.45, 2.75) is 26.2 Å². The molecule has 3 aromatic rings.